The van der Waals surface area contributed by atoms with Crippen molar-refractivity contribution < 1.29 is 22.7 Å². The minimum Gasteiger partial charge on any atom is -0.477 e. The lowest BCUT2D eigenvalue weighted by molar-refractivity contribution is -0.137. The predicted molar refractivity (Wildman–Crippen MR) is 150 cm³/mol. The van der Waals surface area contributed by atoms with Crippen LogP contribution in [0.1, 0.15) is 42.9 Å². The van der Waals surface area contributed by atoms with Gasteiger partial charge in [0.2, 0.25) is 11.8 Å². The molecule has 0 saturated carbocycles. The average Bonchev–Trinajstić information content (AvgIpc) is 3.41. The number of alkyl halides is 3. The Morgan fingerprint density at radius 3 is 2.52 bits per heavy atom. The van der Waals surface area contributed by atoms with E-state index in [1.807, 2.05) is 31.0 Å². The van der Waals surface area contributed by atoms with Gasteiger partial charge in [-0.15, -0.1) is 0 Å². The quantitative estimate of drug-likeness (QED) is 0.444. The highest BCUT2D eigenvalue weighted by Crippen LogP contribution is 2.40. The first kappa shape index (κ1) is 29.3. The molecule has 0 bridgehead atoms. The molecule has 220 valence electrons. The summed E-state index contributed by atoms with van der Waals surface area (Å²) in [6, 6.07) is 8.72. The fraction of sp³-hybridized carbons (Fsp3) is 0.433. The van der Waals surface area contributed by atoms with E-state index in [-0.39, 0.29) is 17.5 Å². The molecule has 0 aliphatic carbocycles. The number of hydrogen-bond acceptors (Lipinski definition) is 8. The maximum Gasteiger partial charge on any atom is 0.416 e. The van der Waals surface area contributed by atoms with Crippen LogP contribution in [0.5, 0.6) is 5.88 Å². The van der Waals surface area contributed by atoms with Gasteiger partial charge in [-0.1, -0.05) is 0 Å². The van der Waals surface area contributed by atoms with Crippen LogP contribution in [-0.2, 0) is 16.4 Å². The summed E-state index contributed by atoms with van der Waals surface area (Å²) >= 11 is 0. The molecule has 2 aromatic heterocycles. The van der Waals surface area contributed by atoms with Gasteiger partial charge in [0.25, 0.3) is 0 Å². The molecule has 2 fully saturated rings. The number of aromatic nitrogens is 3. The third-order valence-corrected chi connectivity index (χ3v) is 8.06. The molecule has 0 radical (unpaired) electrons. The molecule has 0 spiro atoms. The van der Waals surface area contributed by atoms with Crippen LogP contribution in [0.15, 0.2) is 48.9 Å². The number of benzene rings is 1. The monoisotopic (exact) mass is 579 g/mol. The van der Waals surface area contributed by atoms with Crippen LogP contribution in [0.2, 0.25) is 0 Å². The lowest BCUT2D eigenvalue weighted by Gasteiger charge is -2.42. The Hall–Kier alpha value is -4.24. The zero-order valence-corrected chi connectivity index (χ0v) is 23.5. The molecule has 1 N–H and O–H groups in total. The number of nitrogens with one attached hydrogen (secondary N) is 1. The first-order chi connectivity index (χ1) is 20.1. The minimum atomic E-state index is -4.54. The molecule has 2 saturated heterocycles. The van der Waals surface area contributed by atoms with Gasteiger partial charge in [-0.25, -0.2) is 15.0 Å². The largest absolute Gasteiger partial charge is 0.477 e. The number of piperidine rings is 1. The number of carbonyl (C=O) groups excluding carboxylic acids is 1. The van der Waals surface area contributed by atoms with Crippen molar-refractivity contribution in [1.82, 2.24) is 25.2 Å². The summed E-state index contributed by atoms with van der Waals surface area (Å²) in [7, 11) is 2.01. The van der Waals surface area contributed by atoms with Gasteiger partial charge < -0.3 is 19.9 Å². The molecule has 9 nitrogen and oxygen atoms in total. The molecular formula is C30H32F3N7O2. The molecule has 3 aromatic rings. The van der Waals surface area contributed by atoms with Crippen molar-refractivity contribution in [3.05, 3.63) is 65.6 Å². The van der Waals surface area contributed by atoms with Crippen molar-refractivity contribution in [2.75, 3.05) is 44.7 Å². The summed E-state index contributed by atoms with van der Waals surface area (Å²) < 4.78 is 45.4. The number of hydrogen-bond donors (Lipinski definition) is 1. The lowest BCUT2D eigenvalue weighted by atomic mass is 9.72. The van der Waals surface area contributed by atoms with Gasteiger partial charge >= 0.3 is 6.18 Å². The Labute approximate surface area is 242 Å². The third kappa shape index (κ3) is 5.87. The zero-order chi connectivity index (χ0) is 29.9. The molecule has 2 aliphatic rings. The number of rotatable bonds is 7. The Morgan fingerprint density at radius 1 is 1.17 bits per heavy atom. The van der Waals surface area contributed by atoms with E-state index in [0.717, 1.165) is 31.6 Å². The van der Waals surface area contributed by atoms with Crippen LogP contribution in [0, 0.1) is 11.3 Å². The van der Waals surface area contributed by atoms with Crippen LogP contribution in [0.4, 0.5) is 18.9 Å². The molecule has 1 amide bonds. The van der Waals surface area contributed by atoms with Crippen molar-refractivity contribution in [2.24, 2.45) is 0 Å². The number of anilines is 1. The second-order valence-electron chi connectivity index (χ2n) is 10.7. The highest BCUT2D eigenvalue weighted by atomic mass is 19.4. The minimum absolute atomic E-state index is 0.0156. The second-order valence-corrected chi connectivity index (χ2v) is 10.7. The molecular weight excluding hydrogens is 547 g/mol. The summed E-state index contributed by atoms with van der Waals surface area (Å²) in [5, 5.41) is 12.8. The van der Waals surface area contributed by atoms with Crippen molar-refractivity contribution in [1.29, 1.82) is 5.26 Å². The van der Waals surface area contributed by atoms with E-state index in [2.05, 4.69) is 25.2 Å². The maximum absolute atomic E-state index is 14.0. The number of halogens is 3. The summed E-state index contributed by atoms with van der Waals surface area (Å²) in [6.07, 6.45) is 2.00. The molecule has 0 unspecified atom stereocenters. The molecule has 42 heavy (non-hydrogen) atoms. The van der Waals surface area contributed by atoms with E-state index in [1.54, 1.807) is 24.7 Å². The maximum atomic E-state index is 14.0. The molecule has 4 heterocycles. The number of likely N-dealkylation sites (N-methyl/N-ethyl adjacent to an activating group) is 1. The topological polar surface area (TPSA) is 107 Å². The number of likely N-dealkylation sites (tertiary alicyclic amines) is 1. The number of amides is 1. The number of nitrogens with zero attached hydrogens (tertiary/aromatic N) is 6. The molecule has 2 aliphatic heterocycles. The molecule has 12 heteroatoms. The van der Waals surface area contributed by atoms with Crippen LogP contribution in [-0.4, -0.2) is 71.6 Å². The van der Waals surface area contributed by atoms with E-state index in [4.69, 9.17) is 4.74 Å². The van der Waals surface area contributed by atoms with Gasteiger partial charge in [0.1, 0.15) is 6.07 Å². The first-order valence-electron chi connectivity index (χ1n) is 13.9. The van der Waals surface area contributed by atoms with Gasteiger partial charge in [-0.2, -0.15) is 18.4 Å². The van der Waals surface area contributed by atoms with Crippen LogP contribution < -0.4 is 15.0 Å². The summed E-state index contributed by atoms with van der Waals surface area (Å²) in [5.41, 5.74) is -0.154. The molecule has 1 aromatic carbocycles. The van der Waals surface area contributed by atoms with Gasteiger partial charge in [-0.05, 0) is 70.1 Å². The van der Waals surface area contributed by atoms with E-state index >= 15 is 0 Å². The normalized spacial score (nSPS) is 18.9. The van der Waals surface area contributed by atoms with E-state index in [9.17, 15) is 23.2 Å². The van der Waals surface area contributed by atoms with Gasteiger partial charge in [0.05, 0.1) is 34.4 Å². The SMILES string of the molecule is CCOc1ncccc1-c1ncc(C2(C(=O)N[C@H]3CCN(C)C3)CCN(c3ccc(C(F)(F)F)cc3C#N)CC2)cn1. The number of pyridine rings is 1. The number of carbonyl (C=O) groups is 1. The Morgan fingerprint density at radius 2 is 1.90 bits per heavy atom. The van der Waals surface area contributed by atoms with Crippen LogP contribution in [0.25, 0.3) is 11.4 Å². The van der Waals surface area contributed by atoms with Crippen molar-refractivity contribution in [3.63, 3.8) is 0 Å². The zero-order valence-electron chi connectivity index (χ0n) is 23.5. The van der Waals surface area contributed by atoms with E-state index in [0.29, 0.717) is 61.1 Å². The highest BCUT2D eigenvalue weighted by molar-refractivity contribution is 5.89. The van der Waals surface area contributed by atoms with Crippen LogP contribution in [0.3, 0.4) is 0 Å². The summed E-state index contributed by atoms with van der Waals surface area (Å²) in [6.45, 7) is 4.66. The second kappa shape index (κ2) is 11.9. The first-order valence-corrected chi connectivity index (χ1v) is 13.9. The van der Waals surface area contributed by atoms with Gasteiger partial charge in [-0.3, -0.25) is 4.79 Å². The van der Waals surface area contributed by atoms with Crippen molar-refractivity contribution in [2.45, 2.75) is 43.8 Å². The molecule has 1 atom stereocenters. The number of nitriles is 1. The van der Waals surface area contributed by atoms with Gasteiger partial charge in [0.15, 0.2) is 5.82 Å². The number of ether oxygens (including phenoxy) is 1. The Kier molecular flexibility index (Phi) is 8.31. The lowest BCUT2D eigenvalue weighted by Crippen LogP contribution is -2.54. The Balaban J connectivity index is 1.44. The van der Waals surface area contributed by atoms with Crippen molar-refractivity contribution >= 4 is 11.6 Å². The summed E-state index contributed by atoms with van der Waals surface area (Å²) in [4.78, 5) is 31.5. The molecule has 5 rings (SSSR count). The predicted octanol–water partition coefficient (Wildman–Crippen LogP) is 4.19. The van der Waals surface area contributed by atoms with Crippen LogP contribution >= 0.6 is 0 Å². The smallest absolute Gasteiger partial charge is 0.416 e. The fourth-order valence-corrected chi connectivity index (χ4v) is 5.76. The average molecular weight is 580 g/mol. The fourth-order valence-electron chi connectivity index (χ4n) is 5.76. The summed E-state index contributed by atoms with van der Waals surface area (Å²) in [5.74, 6) is 0.718. The third-order valence-electron chi connectivity index (χ3n) is 8.06. The Bertz CT molecular complexity index is 1460. The van der Waals surface area contributed by atoms with Gasteiger partial charge in [0, 0.05) is 49.8 Å². The van der Waals surface area contributed by atoms with E-state index < -0.39 is 17.2 Å². The van der Waals surface area contributed by atoms with Crippen molar-refractivity contribution in [3.8, 4) is 23.3 Å². The van der Waals surface area contributed by atoms with E-state index in [1.165, 1.54) is 6.07 Å². The highest BCUT2D eigenvalue weighted by Gasteiger charge is 2.45. The standard InChI is InChI=1S/C30H32F3N7O2/c1-3-42-27-24(5-4-11-35-27)26-36-17-22(18-37-26)29(28(41)38-23-8-12-39(2)19-23)9-13-40(14-10-29)25-7-6-21(30(31,32)33)15-20(25)16-34/h4-7,11,15,17-18,23H,3,8-10,12-14,19H2,1-2H3,(H,38,41)/t23-/m0/s1.